The van der Waals surface area contributed by atoms with E-state index in [-0.39, 0.29) is 11.9 Å². The Balaban J connectivity index is 1.83. The van der Waals surface area contributed by atoms with Gasteiger partial charge in [0.1, 0.15) is 12.4 Å². The van der Waals surface area contributed by atoms with E-state index in [1.165, 1.54) is 0 Å². The third-order valence-electron chi connectivity index (χ3n) is 3.21. The lowest BCUT2D eigenvalue weighted by Gasteiger charge is -2.10. The number of carbonyl (C=O) groups is 1. The van der Waals surface area contributed by atoms with Crippen LogP contribution in [0.3, 0.4) is 0 Å². The lowest BCUT2D eigenvalue weighted by molar-refractivity contribution is -0.119. The summed E-state index contributed by atoms with van der Waals surface area (Å²) in [5, 5.41) is 3.07. The molecule has 21 heavy (non-hydrogen) atoms. The minimum absolute atomic E-state index is 0.328. The first kappa shape index (κ1) is 15.1. The van der Waals surface area contributed by atoms with Gasteiger partial charge in [-0.05, 0) is 30.2 Å². The van der Waals surface area contributed by atoms with Crippen molar-refractivity contribution in [3.8, 4) is 5.75 Å². The van der Waals surface area contributed by atoms with Crippen molar-refractivity contribution in [2.24, 2.45) is 5.73 Å². The molecule has 2 aromatic carbocycles. The van der Waals surface area contributed by atoms with Crippen LogP contribution in [0.4, 0.5) is 0 Å². The molecule has 2 rings (SSSR count). The molecular weight excluding hydrogens is 264 g/mol. The highest BCUT2D eigenvalue weighted by molar-refractivity contribution is 5.79. The Morgan fingerprint density at radius 3 is 2.33 bits per heavy atom. The molecule has 1 amide bonds. The molecule has 0 saturated carbocycles. The molecule has 0 fully saturated rings. The van der Waals surface area contributed by atoms with Crippen LogP contribution in [0.25, 0.3) is 0 Å². The Morgan fingerprint density at radius 1 is 1.10 bits per heavy atom. The summed E-state index contributed by atoms with van der Waals surface area (Å²) >= 11 is 0. The topological polar surface area (TPSA) is 64.3 Å². The molecule has 0 aromatic heterocycles. The maximum absolute atomic E-state index is 10.9. The van der Waals surface area contributed by atoms with Crippen LogP contribution in [0.2, 0.25) is 0 Å². The van der Waals surface area contributed by atoms with E-state index < -0.39 is 0 Å². The Morgan fingerprint density at radius 2 is 1.71 bits per heavy atom. The first-order chi connectivity index (χ1) is 10.1. The number of hydrogen-bond acceptors (Lipinski definition) is 3. The number of ether oxygens (including phenoxy) is 1. The smallest absolute Gasteiger partial charge is 0.234 e. The van der Waals surface area contributed by atoms with Crippen molar-refractivity contribution in [2.45, 2.75) is 26.1 Å². The number of para-hydroxylation sites is 1. The molecule has 0 unspecified atom stereocenters. The molecule has 0 aliphatic heterocycles. The number of nitrogens with one attached hydrogen (secondary N) is 1. The Labute approximate surface area is 124 Å². The average molecular weight is 284 g/mol. The van der Waals surface area contributed by atoms with Gasteiger partial charge in [0, 0.05) is 6.54 Å². The second-order valence-electron chi connectivity index (χ2n) is 4.92. The second kappa shape index (κ2) is 7.45. The number of hydrogen-bond donors (Lipinski definition) is 2. The van der Waals surface area contributed by atoms with E-state index in [1.54, 1.807) is 6.92 Å². The minimum atomic E-state index is -0.345. The molecule has 3 N–H and O–H groups in total. The zero-order chi connectivity index (χ0) is 15.1. The van der Waals surface area contributed by atoms with Crippen molar-refractivity contribution in [3.05, 3.63) is 65.7 Å². The predicted octanol–water partition coefficient (Wildman–Crippen LogP) is 2.23. The molecule has 0 aliphatic rings. The van der Waals surface area contributed by atoms with Gasteiger partial charge in [-0.2, -0.15) is 0 Å². The highest BCUT2D eigenvalue weighted by Crippen LogP contribution is 2.12. The van der Waals surface area contributed by atoms with Gasteiger partial charge in [0.05, 0.1) is 6.04 Å². The number of carbonyl (C=O) groups excluding carboxylic acids is 1. The van der Waals surface area contributed by atoms with E-state index >= 15 is 0 Å². The lowest BCUT2D eigenvalue weighted by atomic mass is 10.1. The zero-order valence-corrected chi connectivity index (χ0v) is 12.1. The van der Waals surface area contributed by atoms with Gasteiger partial charge < -0.3 is 15.8 Å². The van der Waals surface area contributed by atoms with Crippen molar-refractivity contribution in [2.75, 3.05) is 0 Å². The van der Waals surface area contributed by atoms with Crippen molar-refractivity contribution in [1.29, 1.82) is 0 Å². The monoisotopic (exact) mass is 284 g/mol. The first-order valence-corrected chi connectivity index (χ1v) is 6.93. The molecule has 0 saturated heterocycles. The molecule has 4 nitrogen and oxygen atoms in total. The third-order valence-corrected chi connectivity index (χ3v) is 3.21. The Hall–Kier alpha value is -2.33. The van der Waals surface area contributed by atoms with E-state index in [4.69, 9.17) is 10.5 Å². The molecule has 0 aliphatic carbocycles. The third kappa shape index (κ3) is 4.93. The molecule has 2 aromatic rings. The van der Waals surface area contributed by atoms with Gasteiger partial charge in [-0.3, -0.25) is 4.79 Å². The quantitative estimate of drug-likeness (QED) is 0.819. The number of primary amides is 1. The largest absolute Gasteiger partial charge is 0.489 e. The van der Waals surface area contributed by atoms with Gasteiger partial charge >= 0.3 is 0 Å². The first-order valence-electron chi connectivity index (χ1n) is 6.93. The Kier molecular flexibility index (Phi) is 5.35. The summed E-state index contributed by atoms with van der Waals surface area (Å²) in [5.41, 5.74) is 7.41. The summed E-state index contributed by atoms with van der Waals surface area (Å²) in [6.07, 6.45) is 0. The van der Waals surface area contributed by atoms with Gasteiger partial charge in [0.25, 0.3) is 0 Å². The van der Waals surface area contributed by atoms with Gasteiger partial charge in [-0.15, -0.1) is 0 Å². The average Bonchev–Trinajstić information content (AvgIpc) is 2.52. The lowest BCUT2D eigenvalue weighted by Crippen LogP contribution is -2.38. The summed E-state index contributed by atoms with van der Waals surface area (Å²) in [5.74, 6) is 0.515. The summed E-state index contributed by atoms with van der Waals surface area (Å²) in [6.45, 7) is 2.91. The van der Waals surface area contributed by atoms with Crippen molar-refractivity contribution >= 4 is 5.91 Å². The molecular formula is C17H20N2O2. The molecule has 0 bridgehead atoms. The molecule has 0 spiro atoms. The fourth-order valence-corrected chi connectivity index (χ4v) is 1.81. The molecule has 110 valence electrons. The standard InChI is InChI=1S/C17H20N2O2/c1-13(17(18)20)19-11-14-7-9-15(10-8-14)12-21-16-5-3-2-4-6-16/h2-10,13,19H,11-12H2,1H3,(H2,18,20)/t13-/m0/s1. The van der Waals surface area contributed by atoms with Gasteiger partial charge in [0.2, 0.25) is 5.91 Å². The van der Waals surface area contributed by atoms with E-state index in [2.05, 4.69) is 5.32 Å². The van der Waals surface area contributed by atoms with Crippen LogP contribution in [0, 0.1) is 0 Å². The number of nitrogens with two attached hydrogens (primary N) is 1. The van der Waals surface area contributed by atoms with E-state index in [9.17, 15) is 4.79 Å². The van der Waals surface area contributed by atoms with Crippen LogP contribution in [-0.2, 0) is 17.9 Å². The van der Waals surface area contributed by atoms with Crippen LogP contribution in [0.15, 0.2) is 54.6 Å². The van der Waals surface area contributed by atoms with Gasteiger partial charge in [-0.25, -0.2) is 0 Å². The van der Waals surface area contributed by atoms with Crippen LogP contribution >= 0.6 is 0 Å². The molecule has 4 heteroatoms. The fraction of sp³-hybridized carbons (Fsp3) is 0.235. The Bertz CT molecular complexity index is 567. The number of rotatable bonds is 7. The number of amides is 1. The van der Waals surface area contributed by atoms with Gasteiger partial charge in [-0.1, -0.05) is 42.5 Å². The van der Waals surface area contributed by atoms with Crippen molar-refractivity contribution in [1.82, 2.24) is 5.32 Å². The maximum atomic E-state index is 10.9. The van der Waals surface area contributed by atoms with Crippen LogP contribution < -0.4 is 15.8 Å². The highest BCUT2D eigenvalue weighted by atomic mass is 16.5. The zero-order valence-electron chi connectivity index (χ0n) is 12.1. The van der Waals surface area contributed by atoms with E-state index in [0.717, 1.165) is 16.9 Å². The number of benzene rings is 2. The molecule has 1 atom stereocenters. The summed E-state index contributed by atoms with van der Waals surface area (Å²) in [7, 11) is 0. The summed E-state index contributed by atoms with van der Waals surface area (Å²) in [6, 6.07) is 17.5. The molecule has 0 radical (unpaired) electrons. The van der Waals surface area contributed by atoms with Crippen LogP contribution in [0.1, 0.15) is 18.1 Å². The van der Waals surface area contributed by atoms with Crippen LogP contribution in [-0.4, -0.2) is 11.9 Å². The summed E-state index contributed by atoms with van der Waals surface area (Å²) < 4.78 is 5.68. The normalized spacial score (nSPS) is 11.9. The fourth-order valence-electron chi connectivity index (χ4n) is 1.81. The summed E-state index contributed by atoms with van der Waals surface area (Å²) in [4.78, 5) is 10.9. The van der Waals surface area contributed by atoms with Crippen molar-refractivity contribution in [3.63, 3.8) is 0 Å². The van der Waals surface area contributed by atoms with E-state index in [1.807, 2.05) is 54.6 Å². The van der Waals surface area contributed by atoms with Crippen LogP contribution in [0.5, 0.6) is 5.75 Å². The van der Waals surface area contributed by atoms with Gasteiger partial charge in [0.15, 0.2) is 0 Å². The predicted molar refractivity (Wildman–Crippen MR) is 82.7 cm³/mol. The second-order valence-corrected chi connectivity index (χ2v) is 4.92. The highest BCUT2D eigenvalue weighted by Gasteiger charge is 2.06. The molecule has 0 heterocycles. The minimum Gasteiger partial charge on any atom is -0.489 e. The van der Waals surface area contributed by atoms with E-state index in [0.29, 0.717) is 13.2 Å². The van der Waals surface area contributed by atoms with Crippen molar-refractivity contribution < 1.29 is 9.53 Å². The maximum Gasteiger partial charge on any atom is 0.234 e. The SMILES string of the molecule is C[C@H](NCc1ccc(COc2ccccc2)cc1)C(N)=O.